The molecule has 3 aromatic carbocycles. The molecule has 0 spiro atoms. The molecule has 3 fully saturated rings. The summed E-state index contributed by atoms with van der Waals surface area (Å²) in [4.78, 5) is 29.5. The average Bonchev–Trinajstić information content (AvgIpc) is 3.45. The van der Waals surface area contributed by atoms with Gasteiger partial charge >= 0.3 is 0 Å². The maximum Gasteiger partial charge on any atom is 0.235 e. The van der Waals surface area contributed by atoms with Crippen molar-refractivity contribution in [2.24, 2.45) is 11.3 Å². The van der Waals surface area contributed by atoms with Crippen LogP contribution in [0, 0.1) is 32.4 Å². The van der Waals surface area contributed by atoms with E-state index in [1.54, 1.807) is 38.1 Å². The number of anilines is 4. The summed E-state index contributed by atoms with van der Waals surface area (Å²) >= 11 is 1.91. The quantitative estimate of drug-likeness (QED) is 0.253. The lowest BCUT2D eigenvalue weighted by Gasteiger charge is -2.56. The van der Waals surface area contributed by atoms with Crippen molar-refractivity contribution < 1.29 is 36.3 Å². The van der Waals surface area contributed by atoms with E-state index in [0.29, 0.717) is 14.9 Å². The molecule has 4 unspecified atom stereocenters. The zero-order chi connectivity index (χ0) is 32.0. The fourth-order valence-electron chi connectivity index (χ4n) is 7.03. The lowest BCUT2D eigenvalue weighted by molar-refractivity contribution is -0.187. The second-order valence-electron chi connectivity index (χ2n) is 12.1. The van der Waals surface area contributed by atoms with Gasteiger partial charge in [-0.3, -0.25) is 14.3 Å². The van der Waals surface area contributed by atoms with E-state index in [-0.39, 0.29) is 24.3 Å². The molecular formula is C30H28F3IN4O5S. The summed E-state index contributed by atoms with van der Waals surface area (Å²) in [6.07, 6.45) is 1.02. The van der Waals surface area contributed by atoms with E-state index >= 15 is 4.39 Å². The van der Waals surface area contributed by atoms with Gasteiger partial charge in [-0.1, -0.05) is 26.0 Å². The maximum absolute atomic E-state index is 15.4. The van der Waals surface area contributed by atoms with Crippen molar-refractivity contribution in [2.75, 3.05) is 34.7 Å². The highest BCUT2D eigenvalue weighted by molar-refractivity contribution is 14.1. The second-order valence-corrected chi connectivity index (χ2v) is 15.1. The maximum atomic E-state index is 15.4. The van der Waals surface area contributed by atoms with Gasteiger partial charge in [0.1, 0.15) is 17.5 Å². The van der Waals surface area contributed by atoms with Crippen LogP contribution in [-0.4, -0.2) is 61.1 Å². The molecule has 44 heavy (non-hydrogen) atoms. The number of amides is 1. The van der Waals surface area contributed by atoms with Crippen LogP contribution in [0.1, 0.15) is 19.4 Å². The van der Waals surface area contributed by atoms with Gasteiger partial charge in [-0.05, 0) is 76.0 Å². The number of aliphatic hydroxyl groups is 1. The highest BCUT2D eigenvalue weighted by atomic mass is 127. The number of ketones is 1. The molecule has 3 aliphatic rings. The Labute approximate surface area is 265 Å². The lowest BCUT2D eigenvalue weighted by Crippen LogP contribution is -2.79. The Bertz CT molecular complexity index is 1860. The monoisotopic (exact) mass is 740 g/mol. The third-order valence-electron chi connectivity index (χ3n) is 8.98. The number of Topliss-reactive ketones (excluding diaryl/α,β-unsaturated/α-hetero) is 1. The fourth-order valence-corrected chi connectivity index (χ4v) is 8.04. The van der Waals surface area contributed by atoms with Crippen molar-refractivity contribution in [1.29, 1.82) is 0 Å². The number of rotatable bonds is 8. The molecule has 1 amide bonds. The van der Waals surface area contributed by atoms with Gasteiger partial charge < -0.3 is 20.6 Å². The Balaban J connectivity index is 1.31. The van der Waals surface area contributed by atoms with Crippen molar-refractivity contribution in [3.63, 3.8) is 0 Å². The first kappa shape index (κ1) is 30.6. The van der Waals surface area contributed by atoms with Crippen molar-refractivity contribution >= 4 is 67.1 Å². The number of benzene rings is 3. The van der Waals surface area contributed by atoms with Crippen molar-refractivity contribution in [3.05, 3.63) is 81.2 Å². The number of halogens is 4. The van der Waals surface area contributed by atoms with Crippen molar-refractivity contribution in [2.45, 2.75) is 30.9 Å². The highest BCUT2D eigenvalue weighted by Crippen LogP contribution is 2.74. The zero-order valence-corrected chi connectivity index (χ0v) is 26.7. The summed E-state index contributed by atoms with van der Waals surface area (Å²) in [5, 5.41) is 17.2. The predicted octanol–water partition coefficient (Wildman–Crippen LogP) is 4.35. The van der Waals surface area contributed by atoms with Crippen LogP contribution in [0.25, 0.3) is 0 Å². The van der Waals surface area contributed by atoms with Crippen molar-refractivity contribution in [3.8, 4) is 0 Å². The van der Waals surface area contributed by atoms with Crippen LogP contribution in [0.3, 0.4) is 0 Å². The van der Waals surface area contributed by atoms with E-state index in [0.717, 1.165) is 12.3 Å². The number of nitrogens with zero attached hydrogens (tertiary/aromatic N) is 1. The largest absolute Gasteiger partial charge is 0.384 e. The number of nitrogens with one attached hydrogen (secondary N) is 3. The van der Waals surface area contributed by atoms with Crippen LogP contribution in [0.15, 0.2) is 54.6 Å². The first-order valence-electron chi connectivity index (χ1n) is 13.6. The van der Waals surface area contributed by atoms with E-state index in [9.17, 15) is 31.9 Å². The van der Waals surface area contributed by atoms with Gasteiger partial charge in [0, 0.05) is 21.7 Å². The minimum Gasteiger partial charge on any atom is -0.384 e. The van der Waals surface area contributed by atoms with Crippen LogP contribution in [0.4, 0.5) is 35.9 Å². The molecule has 1 saturated carbocycles. The summed E-state index contributed by atoms with van der Waals surface area (Å²) < 4.78 is 70.8. The fraction of sp³-hybridized carbons (Fsp3) is 0.333. The minimum absolute atomic E-state index is 0.0323. The number of carbonyl (C=O) groups is 2. The van der Waals surface area contributed by atoms with Gasteiger partial charge in [0.15, 0.2) is 17.4 Å². The number of sulfonamides is 1. The molecular weight excluding hydrogens is 712 g/mol. The molecule has 14 heteroatoms. The standard InChI is InChI=1S/C30H28F3IN4O5S/c1-28(2)25-24(39)26-29(41,13-35-16-5-4-6-17(12-16)37-44(3,42)43)14-38(26)27(40)30(25,28)18-8-9-19(31)22(33)23(18)36-21-10-7-15(34)11-20(21)32/h4-12,25-26,35-37,41H,13-14H2,1-3H3. The Morgan fingerprint density at radius 3 is 2.41 bits per heavy atom. The molecule has 6 rings (SSSR count). The van der Waals surface area contributed by atoms with Gasteiger partial charge in [-0.2, -0.15) is 0 Å². The van der Waals surface area contributed by atoms with Gasteiger partial charge in [-0.25, -0.2) is 21.6 Å². The summed E-state index contributed by atoms with van der Waals surface area (Å²) in [6, 6.07) is 11.5. The summed E-state index contributed by atoms with van der Waals surface area (Å²) in [5.41, 5.74) is -4.00. The minimum atomic E-state index is -3.51. The van der Waals surface area contributed by atoms with Crippen LogP contribution in [-0.2, 0) is 25.0 Å². The van der Waals surface area contributed by atoms with Gasteiger partial charge in [0.05, 0.1) is 35.3 Å². The summed E-state index contributed by atoms with van der Waals surface area (Å²) in [7, 11) is -3.51. The second kappa shape index (κ2) is 10.1. The molecule has 2 aliphatic heterocycles. The van der Waals surface area contributed by atoms with Gasteiger partial charge in [0.2, 0.25) is 15.9 Å². The van der Waals surface area contributed by atoms with Crippen molar-refractivity contribution in [1.82, 2.24) is 4.90 Å². The molecule has 0 aromatic heterocycles. The first-order valence-corrected chi connectivity index (χ1v) is 16.6. The molecule has 1 aliphatic carbocycles. The summed E-state index contributed by atoms with van der Waals surface area (Å²) in [5.74, 6) is -5.13. The van der Waals surface area contributed by atoms with Crippen LogP contribution in [0.2, 0.25) is 0 Å². The average molecular weight is 741 g/mol. The van der Waals surface area contributed by atoms with Crippen LogP contribution in [0.5, 0.6) is 0 Å². The third-order valence-corrected chi connectivity index (χ3v) is 10.3. The van der Waals surface area contributed by atoms with Gasteiger partial charge in [-0.15, -0.1) is 0 Å². The number of piperidine rings is 1. The Morgan fingerprint density at radius 2 is 1.73 bits per heavy atom. The normalized spacial score (nSPS) is 26.8. The van der Waals surface area contributed by atoms with Crippen LogP contribution < -0.4 is 15.4 Å². The topological polar surface area (TPSA) is 128 Å². The van der Waals surface area contributed by atoms with Crippen LogP contribution >= 0.6 is 22.6 Å². The molecule has 4 atom stereocenters. The molecule has 232 valence electrons. The molecule has 3 aromatic rings. The SMILES string of the molecule is CC1(C)C2C(=O)C3N(CC3(O)CNc3cccc(NS(C)(=O)=O)c3)C(=O)C21c1ccc(F)c(F)c1Nc1ccc(I)cc1F. The lowest BCUT2D eigenvalue weighted by atomic mass is 9.72. The third kappa shape index (κ3) is 4.55. The molecule has 0 bridgehead atoms. The van der Waals surface area contributed by atoms with Gasteiger partial charge in [0.25, 0.3) is 0 Å². The number of hydrogen-bond donors (Lipinski definition) is 4. The van der Waals surface area contributed by atoms with E-state index < -0.39 is 73.2 Å². The molecule has 2 saturated heterocycles. The summed E-state index contributed by atoms with van der Waals surface area (Å²) in [6.45, 7) is 3.04. The zero-order valence-electron chi connectivity index (χ0n) is 23.7. The Kier molecular flexibility index (Phi) is 7.01. The van der Waals surface area contributed by atoms with E-state index in [4.69, 9.17) is 0 Å². The number of carbonyl (C=O) groups excluding carboxylic acids is 2. The molecule has 2 heterocycles. The Morgan fingerprint density at radius 1 is 1.02 bits per heavy atom. The smallest absolute Gasteiger partial charge is 0.235 e. The molecule has 0 radical (unpaired) electrons. The van der Waals surface area contributed by atoms with E-state index in [1.165, 1.54) is 29.2 Å². The predicted molar refractivity (Wildman–Crippen MR) is 167 cm³/mol. The first-order chi connectivity index (χ1) is 20.5. The number of fused-ring (bicyclic) bond motifs is 2. The number of hydrogen-bond acceptors (Lipinski definition) is 7. The van der Waals surface area contributed by atoms with E-state index in [1.807, 2.05) is 22.6 Å². The van der Waals surface area contributed by atoms with E-state index in [2.05, 4.69) is 15.4 Å². The molecule has 9 nitrogen and oxygen atoms in total. The highest BCUT2D eigenvalue weighted by Gasteiger charge is 2.86. The Hall–Kier alpha value is -3.37. The molecule has 4 N–H and O–H groups in total.